The number of carbonyl (C=O) groups is 1. The minimum atomic E-state index is -0.246. The normalized spacial score (nSPS) is 37.2. The molecule has 0 bridgehead atoms. The average molecular weight is 169 g/mol. The summed E-state index contributed by atoms with van der Waals surface area (Å²) in [5.41, 5.74) is 0. The molecule has 1 amide bonds. The summed E-state index contributed by atoms with van der Waals surface area (Å²) < 4.78 is 5.20. The summed E-state index contributed by atoms with van der Waals surface area (Å²) in [5.74, 6) is 1.76. The van der Waals surface area contributed by atoms with Crippen LogP contribution in [-0.2, 0) is 4.74 Å². The fourth-order valence-electron chi connectivity index (χ4n) is 2.09. The van der Waals surface area contributed by atoms with E-state index >= 15 is 0 Å². The highest BCUT2D eigenvalue weighted by Crippen LogP contribution is 2.52. The third-order valence-electron chi connectivity index (χ3n) is 2.80. The average Bonchev–Trinajstić information content (AvgIpc) is 2.60. The Hall–Kier alpha value is -0.730. The fraction of sp³-hybridized carbons (Fsp3) is 0.889. The third kappa shape index (κ3) is 1.54. The Kier molecular flexibility index (Phi) is 1.95. The molecule has 2 aliphatic rings. The maximum atomic E-state index is 11.0. The van der Waals surface area contributed by atoms with Gasteiger partial charge in [-0.2, -0.15) is 0 Å². The van der Waals surface area contributed by atoms with Crippen LogP contribution < -0.4 is 5.32 Å². The number of amides is 1. The van der Waals surface area contributed by atoms with Gasteiger partial charge in [-0.05, 0) is 38.0 Å². The van der Waals surface area contributed by atoms with Gasteiger partial charge >= 0.3 is 6.09 Å². The first-order valence-corrected chi connectivity index (χ1v) is 4.74. The van der Waals surface area contributed by atoms with Crippen molar-refractivity contribution in [2.24, 2.45) is 11.8 Å². The lowest BCUT2D eigenvalue weighted by Gasteiger charge is -2.13. The Bertz CT molecular complexity index is 183. The third-order valence-corrected chi connectivity index (χ3v) is 2.80. The molecule has 0 aromatic rings. The zero-order valence-corrected chi connectivity index (χ0v) is 7.38. The van der Waals surface area contributed by atoms with Crippen LogP contribution in [0.1, 0.15) is 26.2 Å². The molecule has 12 heavy (non-hydrogen) atoms. The quantitative estimate of drug-likeness (QED) is 0.680. The van der Waals surface area contributed by atoms with Crippen molar-refractivity contribution in [3.05, 3.63) is 0 Å². The second kappa shape index (κ2) is 2.96. The Balaban J connectivity index is 1.69. The molecule has 1 N–H and O–H groups in total. The highest BCUT2D eigenvalue weighted by molar-refractivity contribution is 5.67. The SMILES string of the molecule is CCNC(=O)OC1CC2CC2C1. The van der Waals surface area contributed by atoms with E-state index in [0.29, 0.717) is 6.54 Å². The van der Waals surface area contributed by atoms with Crippen molar-refractivity contribution >= 4 is 6.09 Å². The van der Waals surface area contributed by atoms with Crippen LogP contribution in [-0.4, -0.2) is 18.7 Å². The fourth-order valence-corrected chi connectivity index (χ4v) is 2.09. The van der Waals surface area contributed by atoms with Crippen molar-refractivity contribution < 1.29 is 9.53 Å². The van der Waals surface area contributed by atoms with Gasteiger partial charge in [-0.1, -0.05) is 0 Å². The maximum absolute atomic E-state index is 11.0. The molecule has 0 radical (unpaired) electrons. The number of fused-ring (bicyclic) bond motifs is 1. The van der Waals surface area contributed by atoms with E-state index in [9.17, 15) is 4.79 Å². The van der Waals surface area contributed by atoms with E-state index in [-0.39, 0.29) is 12.2 Å². The first kappa shape index (κ1) is 7.90. The van der Waals surface area contributed by atoms with Crippen molar-refractivity contribution in [3.63, 3.8) is 0 Å². The van der Waals surface area contributed by atoms with Crippen LogP contribution in [0.3, 0.4) is 0 Å². The monoisotopic (exact) mass is 169 g/mol. The molecule has 0 aliphatic heterocycles. The molecule has 3 heteroatoms. The molecule has 3 nitrogen and oxygen atoms in total. The second-order valence-corrected chi connectivity index (χ2v) is 3.78. The van der Waals surface area contributed by atoms with Crippen LogP contribution in [0.25, 0.3) is 0 Å². The number of hydrogen-bond donors (Lipinski definition) is 1. The summed E-state index contributed by atoms with van der Waals surface area (Å²) in [6.07, 6.45) is 3.53. The lowest BCUT2D eigenvalue weighted by molar-refractivity contribution is 0.0947. The van der Waals surface area contributed by atoms with Crippen molar-refractivity contribution in [1.82, 2.24) is 5.32 Å². The molecular formula is C9H15NO2. The number of hydrogen-bond acceptors (Lipinski definition) is 2. The van der Waals surface area contributed by atoms with Crippen LogP contribution in [0.15, 0.2) is 0 Å². The van der Waals surface area contributed by atoms with Crippen molar-refractivity contribution in [2.45, 2.75) is 32.3 Å². The van der Waals surface area contributed by atoms with Gasteiger partial charge in [-0.15, -0.1) is 0 Å². The first-order chi connectivity index (χ1) is 5.79. The minimum absolute atomic E-state index is 0.209. The van der Waals surface area contributed by atoms with Crippen molar-refractivity contribution in [1.29, 1.82) is 0 Å². The van der Waals surface area contributed by atoms with Crippen LogP contribution in [0.4, 0.5) is 4.79 Å². The van der Waals surface area contributed by atoms with Crippen LogP contribution in [0.2, 0.25) is 0 Å². The maximum Gasteiger partial charge on any atom is 0.407 e. The van der Waals surface area contributed by atoms with Gasteiger partial charge in [0, 0.05) is 6.54 Å². The van der Waals surface area contributed by atoms with Gasteiger partial charge in [0.05, 0.1) is 0 Å². The summed E-state index contributed by atoms with van der Waals surface area (Å²) in [6.45, 7) is 2.55. The molecule has 2 atom stereocenters. The predicted octanol–water partition coefficient (Wildman–Crippen LogP) is 1.53. The predicted molar refractivity (Wildman–Crippen MR) is 44.8 cm³/mol. The van der Waals surface area contributed by atoms with Gasteiger partial charge in [0.15, 0.2) is 0 Å². The second-order valence-electron chi connectivity index (χ2n) is 3.78. The van der Waals surface area contributed by atoms with Crippen molar-refractivity contribution in [3.8, 4) is 0 Å². The van der Waals surface area contributed by atoms with E-state index in [0.717, 1.165) is 24.7 Å². The lowest BCUT2D eigenvalue weighted by Crippen LogP contribution is -2.28. The summed E-state index contributed by atoms with van der Waals surface area (Å²) in [5, 5.41) is 2.64. The Morgan fingerprint density at radius 2 is 2.08 bits per heavy atom. The molecule has 0 spiro atoms. The molecule has 0 saturated heterocycles. The van der Waals surface area contributed by atoms with Gasteiger partial charge in [0.1, 0.15) is 6.10 Å². The van der Waals surface area contributed by atoms with E-state index in [1.54, 1.807) is 0 Å². The zero-order valence-electron chi connectivity index (χ0n) is 7.38. The van der Waals surface area contributed by atoms with Gasteiger partial charge in [-0.3, -0.25) is 0 Å². The minimum Gasteiger partial charge on any atom is -0.446 e. The largest absolute Gasteiger partial charge is 0.446 e. The smallest absolute Gasteiger partial charge is 0.407 e. The van der Waals surface area contributed by atoms with Crippen LogP contribution >= 0.6 is 0 Å². The molecular weight excluding hydrogens is 154 g/mol. The summed E-state index contributed by atoms with van der Waals surface area (Å²) in [6, 6.07) is 0. The number of nitrogens with one attached hydrogen (secondary N) is 1. The van der Waals surface area contributed by atoms with Crippen molar-refractivity contribution in [2.75, 3.05) is 6.54 Å². The molecule has 2 fully saturated rings. The molecule has 2 saturated carbocycles. The van der Waals surface area contributed by atoms with Gasteiger partial charge < -0.3 is 10.1 Å². The molecule has 2 rings (SSSR count). The van der Waals surface area contributed by atoms with Gasteiger partial charge in [-0.25, -0.2) is 4.79 Å². The molecule has 0 aromatic heterocycles. The highest BCUT2D eigenvalue weighted by atomic mass is 16.6. The summed E-state index contributed by atoms with van der Waals surface area (Å²) in [7, 11) is 0. The lowest BCUT2D eigenvalue weighted by atomic mass is 10.2. The molecule has 68 valence electrons. The Labute approximate surface area is 72.5 Å². The topological polar surface area (TPSA) is 38.3 Å². The van der Waals surface area contributed by atoms with Crippen LogP contribution in [0, 0.1) is 11.8 Å². The van der Waals surface area contributed by atoms with E-state index < -0.39 is 0 Å². The van der Waals surface area contributed by atoms with Gasteiger partial charge in [0.2, 0.25) is 0 Å². The first-order valence-electron chi connectivity index (χ1n) is 4.74. The Morgan fingerprint density at radius 3 is 2.67 bits per heavy atom. The standard InChI is InChI=1S/C9H15NO2/c1-2-10-9(11)12-8-4-6-3-7(6)5-8/h6-8H,2-5H2,1H3,(H,10,11). The molecule has 2 aliphatic carbocycles. The highest BCUT2D eigenvalue weighted by Gasteiger charge is 2.47. The van der Waals surface area contributed by atoms with E-state index in [1.807, 2.05) is 6.92 Å². The number of alkyl carbamates (subject to hydrolysis) is 1. The molecule has 2 unspecified atom stereocenters. The number of rotatable bonds is 2. The zero-order chi connectivity index (χ0) is 8.55. The van der Waals surface area contributed by atoms with E-state index in [1.165, 1.54) is 6.42 Å². The molecule has 0 aromatic carbocycles. The van der Waals surface area contributed by atoms with E-state index in [2.05, 4.69) is 5.32 Å². The van der Waals surface area contributed by atoms with E-state index in [4.69, 9.17) is 4.74 Å². The summed E-state index contributed by atoms with van der Waals surface area (Å²) >= 11 is 0. The summed E-state index contributed by atoms with van der Waals surface area (Å²) in [4.78, 5) is 11.0. The molecule has 0 heterocycles. The number of carbonyl (C=O) groups excluding carboxylic acids is 1. The van der Waals surface area contributed by atoms with Crippen LogP contribution in [0.5, 0.6) is 0 Å². The number of ether oxygens (including phenoxy) is 1. The Morgan fingerprint density at radius 1 is 1.42 bits per heavy atom. The van der Waals surface area contributed by atoms with Gasteiger partial charge in [0.25, 0.3) is 0 Å².